The Morgan fingerprint density at radius 2 is 1.85 bits per heavy atom. The van der Waals surface area contributed by atoms with Crippen molar-refractivity contribution in [3.05, 3.63) is 54.2 Å². The monoisotopic (exact) mass is 272 g/mol. The molecule has 3 heterocycles. The van der Waals surface area contributed by atoms with E-state index in [9.17, 15) is 4.39 Å². The fraction of sp³-hybridized carbons (Fsp3) is 0.333. The average Bonchev–Trinajstić information content (AvgIpc) is 2.49. The molecule has 0 radical (unpaired) electrons. The van der Waals surface area contributed by atoms with Crippen molar-refractivity contribution in [1.29, 1.82) is 0 Å². The van der Waals surface area contributed by atoms with Crippen molar-refractivity contribution < 1.29 is 4.39 Å². The number of piperazine rings is 1. The minimum atomic E-state index is -0.418. The Hall–Kier alpha value is -2.01. The number of hydrogen-bond acceptors (Lipinski definition) is 4. The Morgan fingerprint density at radius 3 is 2.55 bits per heavy atom. The van der Waals surface area contributed by atoms with Gasteiger partial charge in [-0.2, -0.15) is 4.39 Å². The van der Waals surface area contributed by atoms with Crippen LogP contribution < -0.4 is 4.90 Å². The Bertz CT molecular complexity index is 553. The normalized spacial score (nSPS) is 16.4. The molecule has 0 aliphatic carbocycles. The Labute approximate surface area is 117 Å². The SMILES string of the molecule is Fc1cccc(N2CCN(Cc3ccccn3)CC2)n1. The maximum Gasteiger partial charge on any atom is 0.214 e. The molecular formula is C15H17FN4. The van der Waals surface area contributed by atoms with E-state index >= 15 is 0 Å². The third-order valence-electron chi connectivity index (χ3n) is 3.51. The molecule has 0 atom stereocenters. The summed E-state index contributed by atoms with van der Waals surface area (Å²) < 4.78 is 13.1. The summed E-state index contributed by atoms with van der Waals surface area (Å²) in [6, 6.07) is 10.9. The van der Waals surface area contributed by atoms with Crippen LogP contribution in [0, 0.1) is 5.95 Å². The van der Waals surface area contributed by atoms with Gasteiger partial charge in [0.25, 0.3) is 0 Å². The lowest BCUT2D eigenvalue weighted by molar-refractivity contribution is 0.246. The maximum absolute atomic E-state index is 13.1. The molecule has 0 spiro atoms. The summed E-state index contributed by atoms with van der Waals surface area (Å²) >= 11 is 0. The van der Waals surface area contributed by atoms with Gasteiger partial charge in [0.1, 0.15) is 5.82 Å². The van der Waals surface area contributed by atoms with Crippen LogP contribution in [0.3, 0.4) is 0 Å². The van der Waals surface area contributed by atoms with E-state index in [4.69, 9.17) is 0 Å². The predicted molar refractivity (Wildman–Crippen MR) is 75.9 cm³/mol. The molecule has 104 valence electrons. The molecular weight excluding hydrogens is 255 g/mol. The summed E-state index contributed by atoms with van der Waals surface area (Å²) in [4.78, 5) is 12.8. The predicted octanol–water partition coefficient (Wildman–Crippen LogP) is 1.94. The second kappa shape index (κ2) is 5.96. The molecule has 1 aliphatic rings. The molecule has 0 N–H and O–H groups in total. The maximum atomic E-state index is 13.1. The number of pyridine rings is 2. The second-order valence-corrected chi connectivity index (χ2v) is 4.90. The molecule has 1 saturated heterocycles. The van der Waals surface area contributed by atoms with E-state index < -0.39 is 5.95 Å². The number of aromatic nitrogens is 2. The van der Waals surface area contributed by atoms with E-state index in [0.717, 1.165) is 44.2 Å². The highest BCUT2D eigenvalue weighted by Crippen LogP contribution is 2.14. The van der Waals surface area contributed by atoms with E-state index in [1.165, 1.54) is 6.07 Å². The average molecular weight is 272 g/mol. The third-order valence-corrected chi connectivity index (χ3v) is 3.51. The van der Waals surface area contributed by atoms with E-state index in [2.05, 4.69) is 19.8 Å². The first-order valence-electron chi connectivity index (χ1n) is 6.81. The minimum absolute atomic E-state index is 0.418. The molecule has 5 heteroatoms. The molecule has 0 bridgehead atoms. The van der Waals surface area contributed by atoms with Crippen molar-refractivity contribution >= 4 is 5.82 Å². The minimum Gasteiger partial charge on any atom is -0.354 e. The van der Waals surface area contributed by atoms with Gasteiger partial charge in [-0.05, 0) is 24.3 Å². The van der Waals surface area contributed by atoms with Crippen molar-refractivity contribution in [3.63, 3.8) is 0 Å². The summed E-state index contributed by atoms with van der Waals surface area (Å²) in [6.07, 6.45) is 1.82. The zero-order valence-electron chi connectivity index (χ0n) is 11.2. The van der Waals surface area contributed by atoms with E-state index in [1.54, 1.807) is 6.07 Å². The number of halogens is 1. The van der Waals surface area contributed by atoms with Gasteiger partial charge in [0, 0.05) is 38.9 Å². The van der Waals surface area contributed by atoms with Crippen molar-refractivity contribution in [2.75, 3.05) is 31.1 Å². The Morgan fingerprint density at radius 1 is 1.00 bits per heavy atom. The molecule has 4 nitrogen and oxygen atoms in total. The summed E-state index contributed by atoms with van der Waals surface area (Å²) in [7, 11) is 0. The molecule has 0 saturated carbocycles. The highest BCUT2D eigenvalue weighted by atomic mass is 19.1. The van der Waals surface area contributed by atoms with Crippen LogP contribution in [0.2, 0.25) is 0 Å². The van der Waals surface area contributed by atoms with Crippen molar-refractivity contribution in [1.82, 2.24) is 14.9 Å². The van der Waals surface area contributed by atoms with E-state index in [-0.39, 0.29) is 0 Å². The summed E-state index contributed by atoms with van der Waals surface area (Å²) in [5.74, 6) is 0.306. The van der Waals surface area contributed by atoms with Crippen LogP contribution in [-0.2, 0) is 6.54 Å². The fourth-order valence-electron chi connectivity index (χ4n) is 2.43. The lowest BCUT2D eigenvalue weighted by Crippen LogP contribution is -2.46. The van der Waals surface area contributed by atoms with Crippen molar-refractivity contribution in [2.45, 2.75) is 6.54 Å². The first-order chi connectivity index (χ1) is 9.81. The van der Waals surface area contributed by atoms with Gasteiger partial charge in [-0.15, -0.1) is 0 Å². The van der Waals surface area contributed by atoms with Gasteiger partial charge < -0.3 is 4.90 Å². The molecule has 1 aliphatic heterocycles. The van der Waals surface area contributed by atoms with Crippen LogP contribution >= 0.6 is 0 Å². The molecule has 3 rings (SSSR count). The number of hydrogen-bond donors (Lipinski definition) is 0. The number of rotatable bonds is 3. The Kier molecular flexibility index (Phi) is 3.87. The quantitative estimate of drug-likeness (QED) is 0.799. The van der Waals surface area contributed by atoms with Crippen LogP contribution in [-0.4, -0.2) is 41.0 Å². The Balaban J connectivity index is 1.57. The lowest BCUT2D eigenvalue weighted by atomic mass is 10.2. The molecule has 0 unspecified atom stereocenters. The largest absolute Gasteiger partial charge is 0.354 e. The number of anilines is 1. The van der Waals surface area contributed by atoms with Gasteiger partial charge in [-0.25, -0.2) is 4.98 Å². The zero-order valence-corrected chi connectivity index (χ0v) is 11.2. The lowest BCUT2D eigenvalue weighted by Gasteiger charge is -2.35. The van der Waals surface area contributed by atoms with E-state index in [1.807, 2.05) is 30.5 Å². The van der Waals surface area contributed by atoms with Gasteiger partial charge in [-0.1, -0.05) is 12.1 Å². The van der Waals surface area contributed by atoms with Gasteiger partial charge in [0.2, 0.25) is 5.95 Å². The highest BCUT2D eigenvalue weighted by molar-refractivity contribution is 5.38. The molecule has 1 fully saturated rings. The standard InChI is InChI=1S/C15H17FN4/c16-14-5-3-6-15(18-14)20-10-8-19(9-11-20)12-13-4-1-2-7-17-13/h1-7H,8-12H2. The van der Waals surface area contributed by atoms with Crippen LogP contribution in [0.1, 0.15) is 5.69 Å². The van der Waals surface area contributed by atoms with Crippen LogP contribution in [0.4, 0.5) is 10.2 Å². The van der Waals surface area contributed by atoms with Crippen LogP contribution in [0.15, 0.2) is 42.6 Å². The first kappa shape index (κ1) is 13.0. The fourth-order valence-corrected chi connectivity index (χ4v) is 2.43. The van der Waals surface area contributed by atoms with E-state index in [0.29, 0.717) is 0 Å². The molecule has 0 amide bonds. The third kappa shape index (κ3) is 3.11. The van der Waals surface area contributed by atoms with Gasteiger partial charge in [0.15, 0.2) is 0 Å². The van der Waals surface area contributed by atoms with Crippen molar-refractivity contribution in [3.8, 4) is 0 Å². The van der Waals surface area contributed by atoms with Crippen LogP contribution in [0.5, 0.6) is 0 Å². The van der Waals surface area contributed by atoms with Gasteiger partial charge in [0.05, 0.1) is 5.69 Å². The molecule has 2 aromatic heterocycles. The van der Waals surface area contributed by atoms with Crippen LogP contribution in [0.25, 0.3) is 0 Å². The topological polar surface area (TPSA) is 32.3 Å². The molecule has 2 aromatic rings. The smallest absolute Gasteiger partial charge is 0.214 e. The molecule has 20 heavy (non-hydrogen) atoms. The first-order valence-corrected chi connectivity index (χ1v) is 6.81. The summed E-state index contributed by atoms with van der Waals surface area (Å²) in [6.45, 7) is 4.47. The van der Waals surface area contributed by atoms with Gasteiger partial charge in [-0.3, -0.25) is 9.88 Å². The highest BCUT2D eigenvalue weighted by Gasteiger charge is 2.18. The summed E-state index contributed by atoms with van der Waals surface area (Å²) in [5, 5.41) is 0. The summed E-state index contributed by atoms with van der Waals surface area (Å²) in [5.41, 5.74) is 1.09. The zero-order chi connectivity index (χ0) is 13.8. The molecule has 0 aromatic carbocycles. The van der Waals surface area contributed by atoms with Gasteiger partial charge >= 0.3 is 0 Å². The number of nitrogens with zero attached hydrogens (tertiary/aromatic N) is 4. The second-order valence-electron chi connectivity index (χ2n) is 4.90. The van der Waals surface area contributed by atoms with Crippen molar-refractivity contribution in [2.24, 2.45) is 0 Å².